The van der Waals surface area contributed by atoms with Crippen molar-refractivity contribution in [1.29, 1.82) is 0 Å². The van der Waals surface area contributed by atoms with Gasteiger partial charge >= 0.3 is 0 Å². The molecule has 0 saturated heterocycles. The average Bonchev–Trinajstić information content (AvgIpc) is 2.20. The van der Waals surface area contributed by atoms with Crippen LogP contribution in [0.2, 0.25) is 0 Å². The van der Waals surface area contributed by atoms with Gasteiger partial charge in [-0.15, -0.1) is 0 Å². The lowest BCUT2D eigenvalue weighted by atomic mass is 10.1. The lowest BCUT2D eigenvalue weighted by Gasteiger charge is -2.06. The highest BCUT2D eigenvalue weighted by molar-refractivity contribution is 4.46. The Morgan fingerprint density at radius 2 is 0.941 bits per heavy atom. The van der Waals surface area contributed by atoms with Crippen LogP contribution in [0.1, 0.15) is 71.1 Å². The summed E-state index contributed by atoms with van der Waals surface area (Å²) in [7, 11) is 4.49. The van der Waals surface area contributed by atoms with Gasteiger partial charge < -0.3 is 29.7 Å². The number of quaternary nitrogens is 1. The van der Waals surface area contributed by atoms with Crippen molar-refractivity contribution >= 4 is 0 Å². The first-order chi connectivity index (χ1) is 7.27. The van der Waals surface area contributed by atoms with Gasteiger partial charge in [0.2, 0.25) is 0 Å². The van der Waals surface area contributed by atoms with Crippen LogP contribution in [-0.2, 0) is 0 Å². The standard InChI is InChI=1S/C14H31N.2ClH/c1-4-5-6-7-8-9-10-11-12-13-14-15(2)3;;/h4-14H2,1-3H3;2*1H/p-1. The van der Waals surface area contributed by atoms with Crippen LogP contribution in [0.15, 0.2) is 0 Å². The summed E-state index contributed by atoms with van der Waals surface area (Å²) < 4.78 is 0. The van der Waals surface area contributed by atoms with Crippen LogP contribution in [-0.4, -0.2) is 20.6 Å². The van der Waals surface area contributed by atoms with Crippen LogP contribution >= 0.6 is 0 Å². The Kier molecular flexibility index (Phi) is 25.2. The second kappa shape index (κ2) is 18.9. The van der Waals surface area contributed by atoms with Gasteiger partial charge in [-0.25, -0.2) is 0 Å². The van der Waals surface area contributed by atoms with Crippen LogP contribution in [0.4, 0.5) is 0 Å². The summed E-state index contributed by atoms with van der Waals surface area (Å²) in [5, 5.41) is 0. The summed E-state index contributed by atoms with van der Waals surface area (Å²) in [5.74, 6) is 0. The van der Waals surface area contributed by atoms with E-state index >= 15 is 0 Å². The fourth-order valence-electron chi connectivity index (χ4n) is 1.97. The molecule has 1 nitrogen and oxygen atoms in total. The third-order valence-corrected chi connectivity index (χ3v) is 3.03. The first kappa shape index (κ1) is 22.7. The van der Waals surface area contributed by atoms with E-state index in [0.29, 0.717) is 0 Å². The summed E-state index contributed by atoms with van der Waals surface area (Å²) >= 11 is 0. The quantitative estimate of drug-likeness (QED) is 0.388. The van der Waals surface area contributed by atoms with Crippen molar-refractivity contribution in [2.45, 2.75) is 71.1 Å². The maximum Gasteiger partial charge on any atom is 0.0766 e. The lowest BCUT2D eigenvalue weighted by Crippen LogP contribution is -3.05. The molecule has 1 N–H and O–H groups in total. The fourth-order valence-corrected chi connectivity index (χ4v) is 1.97. The summed E-state index contributed by atoms with van der Waals surface area (Å²) in [5.41, 5.74) is 0. The Hall–Kier alpha value is 0.540. The van der Waals surface area contributed by atoms with E-state index < -0.39 is 0 Å². The second-order valence-corrected chi connectivity index (χ2v) is 5.14. The highest BCUT2D eigenvalue weighted by Gasteiger charge is 1.94. The molecule has 0 amide bonds. The Balaban J connectivity index is -0.000000980. The lowest BCUT2D eigenvalue weighted by molar-refractivity contribution is -0.858. The molecule has 0 atom stereocenters. The zero-order chi connectivity index (χ0) is 11.4. The molecule has 0 heterocycles. The highest BCUT2D eigenvalue weighted by atomic mass is 35.5. The predicted molar refractivity (Wildman–Crippen MR) is 69.5 cm³/mol. The summed E-state index contributed by atoms with van der Waals surface area (Å²) in [6.45, 7) is 3.63. The number of nitrogens with one attached hydrogen (secondary N) is 1. The zero-order valence-electron chi connectivity index (χ0n) is 12.0. The third-order valence-electron chi connectivity index (χ3n) is 3.03. The molecule has 0 bridgehead atoms. The Morgan fingerprint density at radius 3 is 1.29 bits per heavy atom. The van der Waals surface area contributed by atoms with E-state index in [4.69, 9.17) is 0 Å². The molecule has 17 heavy (non-hydrogen) atoms. The van der Waals surface area contributed by atoms with Crippen molar-refractivity contribution < 1.29 is 29.7 Å². The topological polar surface area (TPSA) is 4.44 Å². The summed E-state index contributed by atoms with van der Waals surface area (Å²) in [6.07, 6.45) is 14.5. The van der Waals surface area contributed by atoms with Crippen molar-refractivity contribution in [3.63, 3.8) is 0 Å². The van der Waals surface area contributed by atoms with E-state index in [1.165, 1.54) is 70.8 Å². The third kappa shape index (κ3) is 22.2. The molecule has 0 saturated carbocycles. The van der Waals surface area contributed by atoms with E-state index in [1.54, 1.807) is 4.90 Å². The van der Waals surface area contributed by atoms with Crippen LogP contribution in [0.25, 0.3) is 0 Å². The van der Waals surface area contributed by atoms with Crippen molar-refractivity contribution in [2.75, 3.05) is 20.6 Å². The first-order valence-electron chi connectivity index (χ1n) is 7.06. The predicted octanol–water partition coefficient (Wildman–Crippen LogP) is -2.94. The normalized spacial score (nSPS) is 9.88. The second-order valence-electron chi connectivity index (χ2n) is 5.14. The number of hydrogen-bond donors (Lipinski definition) is 1. The molecule has 0 aromatic heterocycles. The minimum atomic E-state index is 0. The van der Waals surface area contributed by atoms with E-state index in [-0.39, 0.29) is 24.8 Å². The fraction of sp³-hybridized carbons (Fsp3) is 1.00. The van der Waals surface area contributed by atoms with Gasteiger partial charge in [-0.2, -0.15) is 0 Å². The number of halogens is 2. The maximum atomic E-state index is 2.28. The first-order valence-corrected chi connectivity index (χ1v) is 7.06. The molecule has 0 radical (unpaired) electrons. The van der Waals surface area contributed by atoms with Crippen LogP contribution in [0, 0.1) is 0 Å². The van der Waals surface area contributed by atoms with E-state index in [2.05, 4.69) is 21.0 Å². The van der Waals surface area contributed by atoms with Gasteiger partial charge in [-0.05, 0) is 12.8 Å². The molecule has 0 fully saturated rings. The van der Waals surface area contributed by atoms with Gasteiger partial charge in [-0.1, -0.05) is 58.3 Å². The van der Waals surface area contributed by atoms with Gasteiger partial charge in [0.05, 0.1) is 20.6 Å². The number of rotatable bonds is 11. The Bertz CT molecular complexity index is 119. The van der Waals surface area contributed by atoms with E-state index in [9.17, 15) is 0 Å². The van der Waals surface area contributed by atoms with Crippen LogP contribution in [0.3, 0.4) is 0 Å². The molecule has 0 aromatic rings. The molecule has 0 rings (SSSR count). The number of unbranched alkanes of at least 4 members (excludes halogenated alkanes) is 9. The molecule has 0 aliphatic carbocycles. The van der Waals surface area contributed by atoms with Crippen LogP contribution in [0.5, 0.6) is 0 Å². The Morgan fingerprint density at radius 1 is 0.588 bits per heavy atom. The molecular weight excluding hydrogens is 253 g/mol. The molecule has 0 spiro atoms. The van der Waals surface area contributed by atoms with Crippen molar-refractivity contribution in [2.24, 2.45) is 0 Å². The van der Waals surface area contributed by atoms with E-state index in [0.717, 1.165) is 0 Å². The Labute approximate surface area is 122 Å². The zero-order valence-corrected chi connectivity index (χ0v) is 13.5. The summed E-state index contributed by atoms with van der Waals surface area (Å²) in [4.78, 5) is 1.59. The molecule has 3 heteroatoms. The number of hydrogen-bond acceptors (Lipinski definition) is 0. The highest BCUT2D eigenvalue weighted by Crippen LogP contribution is 2.09. The molecule has 0 aliphatic heterocycles. The SMILES string of the molecule is CCCCCCCCCCCC[NH+](C)C.[Cl-].[Cl-]. The molecule has 0 unspecified atom stereocenters. The molecule has 0 aromatic carbocycles. The maximum absolute atomic E-state index is 2.28. The van der Waals surface area contributed by atoms with Gasteiger partial charge in [-0.3, -0.25) is 0 Å². The minimum Gasteiger partial charge on any atom is -1.00 e. The monoisotopic (exact) mass is 284 g/mol. The average molecular weight is 285 g/mol. The smallest absolute Gasteiger partial charge is 0.0766 e. The van der Waals surface area contributed by atoms with Crippen molar-refractivity contribution in [3.8, 4) is 0 Å². The van der Waals surface area contributed by atoms with Crippen LogP contribution < -0.4 is 29.7 Å². The molecule has 0 aliphatic rings. The van der Waals surface area contributed by atoms with Gasteiger partial charge in [0.1, 0.15) is 0 Å². The van der Waals surface area contributed by atoms with E-state index in [1.807, 2.05) is 0 Å². The summed E-state index contributed by atoms with van der Waals surface area (Å²) in [6, 6.07) is 0. The minimum absolute atomic E-state index is 0. The van der Waals surface area contributed by atoms with Gasteiger partial charge in [0, 0.05) is 0 Å². The van der Waals surface area contributed by atoms with Gasteiger partial charge in [0.25, 0.3) is 0 Å². The molecular formula is C14H32Cl2N-. The van der Waals surface area contributed by atoms with Crippen molar-refractivity contribution in [1.82, 2.24) is 0 Å². The molecule has 108 valence electrons. The largest absolute Gasteiger partial charge is 1.00 e. The van der Waals surface area contributed by atoms with Crippen molar-refractivity contribution in [3.05, 3.63) is 0 Å². The van der Waals surface area contributed by atoms with Gasteiger partial charge in [0.15, 0.2) is 0 Å².